The van der Waals surface area contributed by atoms with Crippen LogP contribution in [0.25, 0.3) is 0 Å². The Bertz CT molecular complexity index is 1050. The second kappa shape index (κ2) is 8.71. The average molecular weight is 445 g/mol. The molecule has 166 valence electrons. The van der Waals surface area contributed by atoms with Gasteiger partial charge in [-0.1, -0.05) is 37.5 Å². The zero-order valence-corrected chi connectivity index (χ0v) is 18.7. The van der Waals surface area contributed by atoms with E-state index < -0.39 is 15.4 Å². The predicted octanol–water partition coefficient (Wildman–Crippen LogP) is 4.76. The lowest BCUT2D eigenvalue weighted by atomic mass is 9.78. The van der Waals surface area contributed by atoms with Gasteiger partial charge in [-0.05, 0) is 68.0 Å². The van der Waals surface area contributed by atoms with Crippen LogP contribution in [-0.4, -0.2) is 31.7 Å². The molecule has 1 aliphatic carbocycles. The van der Waals surface area contributed by atoms with Crippen molar-refractivity contribution in [2.75, 3.05) is 18.4 Å². The Morgan fingerprint density at radius 2 is 1.61 bits per heavy atom. The Hall–Kier alpha value is -2.25. The molecular formula is C24H29FN2O3S. The van der Waals surface area contributed by atoms with Crippen molar-refractivity contribution < 1.29 is 17.6 Å². The normalized spacial score (nSPS) is 19.3. The highest BCUT2D eigenvalue weighted by molar-refractivity contribution is 7.89. The summed E-state index contributed by atoms with van der Waals surface area (Å²) in [6, 6.07) is 11.1. The van der Waals surface area contributed by atoms with Gasteiger partial charge in [-0.2, -0.15) is 4.31 Å². The minimum atomic E-state index is -3.59. The van der Waals surface area contributed by atoms with Gasteiger partial charge in [-0.3, -0.25) is 4.79 Å². The lowest BCUT2D eigenvalue weighted by molar-refractivity contribution is -0.121. The van der Waals surface area contributed by atoms with E-state index in [9.17, 15) is 17.6 Å². The first-order chi connectivity index (χ1) is 14.8. The maximum Gasteiger partial charge on any atom is 0.243 e. The van der Waals surface area contributed by atoms with Crippen LogP contribution in [-0.2, 0) is 20.2 Å². The van der Waals surface area contributed by atoms with Crippen molar-refractivity contribution in [1.29, 1.82) is 0 Å². The molecule has 2 aromatic carbocycles. The van der Waals surface area contributed by atoms with Crippen LogP contribution in [0.3, 0.4) is 0 Å². The molecule has 1 saturated heterocycles. The number of hydrogen-bond donors (Lipinski definition) is 1. The van der Waals surface area contributed by atoms with Crippen LogP contribution >= 0.6 is 0 Å². The van der Waals surface area contributed by atoms with E-state index in [2.05, 4.69) is 5.32 Å². The summed E-state index contributed by atoms with van der Waals surface area (Å²) in [7, 11) is -3.59. The Kier molecular flexibility index (Phi) is 6.17. The van der Waals surface area contributed by atoms with Crippen LogP contribution < -0.4 is 5.32 Å². The molecule has 2 aliphatic rings. The number of anilines is 1. The second-order valence-electron chi connectivity index (χ2n) is 8.69. The van der Waals surface area contributed by atoms with Crippen LogP contribution in [0.15, 0.2) is 47.4 Å². The van der Waals surface area contributed by atoms with Gasteiger partial charge in [0, 0.05) is 18.8 Å². The van der Waals surface area contributed by atoms with Crippen LogP contribution in [0.1, 0.15) is 56.1 Å². The van der Waals surface area contributed by atoms with E-state index in [-0.39, 0.29) is 16.6 Å². The third-order valence-corrected chi connectivity index (χ3v) is 8.59. The first-order valence-electron chi connectivity index (χ1n) is 11.0. The quantitative estimate of drug-likeness (QED) is 0.723. The van der Waals surface area contributed by atoms with Gasteiger partial charge in [-0.25, -0.2) is 12.8 Å². The number of piperidine rings is 1. The zero-order valence-electron chi connectivity index (χ0n) is 17.9. The number of benzene rings is 2. The van der Waals surface area contributed by atoms with Gasteiger partial charge >= 0.3 is 0 Å². The molecular weight excluding hydrogens is 415 g/mol. The average Bonchev–Trinajstić information content (AvgIpc) is 3.27. The molecule has 1 amide bonds. The van der Waals surface area contributed by atoms with Crippen molar-refractivity contribution in [1.82, 2.24) is 4.31 Å². The summed E-state index contributed by atoms with van der Waals surface area (Å²) in [4.78, 5) is 13.7. The minimum Gasteiger partial charge on any atom is -0.325 e. The Morgan fingerprint density at radius 3 is 2.26 bits per heavy atom. The number of nitrogens with zero attached hydrogens (tertiary/aromatic N) is 1. The molecule has 7 heteroatoms. The van der Waals surface area contributed by atoms with Crippen molar-refractivity contribution in [3.8, 4) is 0 Å². The number of rotatable bonds is 5. The third kappa shape index (κ3) is 4.26. The summed E-state index contributed by atoms with van der Waals surface area (Å²) in [5, 5.41) is 3.01. The summed E-state index contributed by atoms with van der Waals surface area (Å²) in [6.07, 6.45) is 6.02. The smallest absolute Gasteiger partial charge is 0.243 e. The molecule has 0 bridgehead atoms. The fraction of sp³-hybridized carbons (Fsp3) is 0.458. The number of hydrogen-bond acceptors (Lipinski definition) is 3. The molecule has 2 fully saturated rings. The van der Waals surface area contributed by atoms with E-state index in [0.29, 0.717) is 31.6 Å². The summed E-state index contributed by atoms with van der Waals surface area (Å²) in [6.45, 7) is 2.92. The standard InChI is InChI=1S/C24H29FN2O3S/c1-18-7-12-21(31(29,30)27-15-5-2-6-16-27)17-22(18)26-23(28)24(13-3-4-14-24)19-8-10-20(25)11-9-19/h7-12,17H,2-6,13-16H2,1H3,(H,26,28). The van der Waals surface area contributed by atoms with E-state index in [4.69, 9.17) is 0 Å². The maximum atomic E-state index is 13.5. The second-order valence-corrected chi connectivity index (χ2v) is 10.6. The third-order valence-electron chi connectivity index (χ3n) is 6.70. The molecule has 0 radical (unpaired) electrons. The molecule has 0 atom stereocenters. The fourth-order valence-electron chi connectivity index (χ4n) is 4.79. The monoisotopic (exact) mass is 444 g/mol. The topological polar surface area (TPSA) is 66.5 Å². The van der Waals surface area contributed by atoms with Crippen molar-refractivity contribution in [2.24, 2.45) is 0 Å². The number of halogens is 1. The molecule has 1 N–H and O–H groups in total. The van der Waals surface area contributed by atoms with Gasteiger partial charge in [0.2, 0.25) is 15.9 Å². The van der Waals surface area contributed by atoms with E-state index in [1.165, 1.54) is 16.4 Å². The van der Waals surface area contributed by atoms with Crippen molar-refractivity contribution in [3.63, 3.8) is 0 Å². The number of amides is 1. The number of nitrogens with one attached hydrogen (secondary N) is 1. The highest BCUT2D eigenvalue weighted by Crippen LogP contribution is 2.42. The Balaban J connectivity index is 1.63. The fourth-order valence-corrected chi connectivity index (χ4v) is 6.33. The molecule has 1 heterocycles. The van der Waals surface area contributed by atoms with Crippen LogP contribution in [0.5, 0.6) is 0 Å². The van der Waals surface area contributed by atoms with Crippen molar-refractivity contribution >= 4 is 21.6 Å². The number of aryl methyl sites for hydroxylation is 1. The lowest BCUT2D eigenvalue weighted by Crippen LogP contribution is -2.38. The summed E-state index contributed by atoms with van der Waals surface area (Å²) < 4.78 is 41.2. The zero-order chi connectivity index (χ0) is 22.1. The van der Waals surface area contributed by atoms with Gasteiger partial charge in [0.15, 0.2) is 0 Å². The van der Waals surface area contributed by atoms with Crippen LogP contribution in [0.4, 0.5) is 10.1 Å². The van der Waals surface area contributed by atoms with Crippen LogP contribution in [0, 0.1) is 12.7 Å². The maximum absolute atomic E-state index is 13.5. The molecule has 31 heavy (non-hydrogen) atoms. The SMILES string of the molecule is Cc1ccc(S(=O)(=O)N2CCCCC2)cc1NC(=O)C1(c2ccc(F)cc2)CCCC1. The molecule has 0 spiro atoms. The van der Waals surface area contributed by atoms with E-state index in [1.807, 2.05) is 6.92 Å². The molecule has 2 aromatic rings. The molecule has 5 nitrogen and oxygen atoms in total. The van der Waals surface area contributed by atoms with Gasteiger partial charge in [0.1, 0.15) is 5.82 Å². The lowest BCUT2D eigenvalue weighted by Gasteiger charge is -2.29. The number of sulfonamides is 1. The van der Waals surface area contributed by atoms with E-state index in [0.717, 1.165) is 43.2 Å². The largest absolute Gasteiger partial charge is 0.325 e. The molecule has 0 unspecified atom stereocenters. The highest BCUT2D eigenvalue weighted by Gasteiger charge is 2.43. The van der Waals surface area contributed by atoms with E-state index in [1.54, 1.807) is 30.3 Å². The first-order valence-corrected chi connectivity index (χ1v) is 12.5. The van der Waals surface area contributed by atoms with E-state index >= 15 is 0 Å². The molecule has 1 saturated carbocycles. The minimum absolute atomic E-state index is 0.160. The molecule has 4 rings (SSSR count). The predicted molar refractivity (Wildman–Crippen MR) is 119 cm³/mol. The van der Waals surface area contributed by atoms with Crippen LogP contribution in [0.2, 0.25) is 0 Å². The highest BCUT2D eigenvalue weighted by atomic mass is 32.2. The van der Waals surface area contributed by atoms with Gasteiger partial charge in [0.25, 0.3) is 0 Å². The number of carbonyl (C=O) groups is 1. The summed E-state index contributed by atoms with van der Waals surface area (Å²) >= 11 is 0. The van der Waals surface area contributed by atoms with Gasteiger partial charge in [0.05, 0.1) is 10.3 Å². The Morgan fingerprint density at radius 1 is 0.968 bits per heavy atom. The van der Waals surface area contributed by atoms with Gasteiger partial charge in [-0.15, -0.1) is 0 Å². The molecule has 0 aromatic heterocycles. The van der Waals surface area contributed by atoms with Crippen molar-refractivity contribution in [2.45, 2.75) is 62.2 Å². The number of carbonyl (C=O) groups excluding carboxylic acids is 1. The van der Waals surface area contributed by atoms with Gasteiger partial charge < -0.3 is 5.32 Å². The molecule has 1 aliphatic heterocycles. The summed E-state index contributed by atoms with van der Waals surface area (Å²) in [5.41, 5.74) is 1.40. The summed E-state index contributed by atoms with van der Waals surface area (Å²) in [5.74, 6) is -0.490. The van der Waals surface area contributed by atoms with Crippen molar-refractivity contribution in [3.05, 3.63) is 59.4 Å². The Labute approximate surface area is 183 Å². The first kappa shape index (κ1) is 22.0.